The molecule has 1 fully saturated rings. The third-order valence-electron chi connectivity index (χ3n) is 4.01. The molecule has 9 nitrogen and oxygen atoms in total. The molecule has 2 aromatic carbocycles. The van der Waals surface area contributed by atoms with Crippen LogP contribution in [0.2, 0.25) is 0 Å². The Kier molecular flexibility index (Phi) is 6.07. The molecule has 1 saturated heterocycles. The van der Waals surface area contributed by atoms with E-state index in [9.17, 15) is 14.4 Å². The van der Waals surface area contributed by atoms with Gasteiger partial charge in [-0.25, -0.2) is 14.6 Å². The van der Waals surface area contributed by atoms with Crippen LogP contribution >= 0.6 is 11.8 Å². The Hall–Kier alpha value is -3.79. The zero-order chi connectivity index (χ0) is 21.8. The highest BCUT2D eigenvalue weighted by Gasteiger charge is 2.25. The number of aliphatic imine (C=N–C) groups is 1. The maximum atomic E-state index is 12.3. The molecule has 30 heavy (non-hydrogen) atoms. The molecular formula is C20H16N2O7S. The third kappa shape index (κ3) is 4.44. The number of carboxylic acid groups (broad SMARTS) is 2. The molecule has 0 aliphatic carbocycles. The maximum absolute atomic E-state index is 12.3. The highest BCUT2D eigenvalue weighted by atomic mass is 32.2. The molecule has 3 rings (SSSR count). The molecule has 0 unspecified atom stereocenters. The first-order valence-electron chi connectivity index (χ1n) is 8.44. The van der Waals surface area contributed by atoms with Gasteiger partial charge in [0.15, 0.2) is 16.7 Å². The zero-order valence-electron chi connectivity index (χ0n) is 15.8. The van der Waals surface area contributed by atoms with E-state index < -0.39 is 17.8 Å². The van der Waals surface area contributed by atoms with E-state index in [0.717, 1.165) is 17.8 Å². The second-order valence-corrected chi connectivity index (χ2v) is 6.97. The van der Waals surface area contributed by atoms with Gasteiger partial charge >= 0.3 is 11.9 Å². The highest BCUT2D eigenvalue weighted by Crippen LogP contribution is 2.35. The number of ether oxygens (including phenoxy) is 2. The molecule has 2 aromatic rings. The lowest BCUT2D eigenvalue weighted by molar-refractivity contribution is -0.115. The number of benzene rings is 2. The van der Waals surface area contributed by atoms with Crippen molar-refractivity contribution in [1.29, 1.82) is 0 Å². The van der Waals surface area contributed by atoms with E-state index in [1.54, 1.807) is 24.3 Å². The van der Waals surface area contributed by atoms with Crippen LogP contribution in [0.4, 0.5) is 5.69 Å². The Morgan fingerprint density at radius 2 is 1.73 bits per heavy atom. The van der Waals surface area contributed by atoms with Crippen LogP contribution in [0.3, 0.4) is 0 Å². The number of carbonyl (C=O) groups excluding carboxylic acids is 1. The van der Waals surface area contributed by atoms with Gasteiger partial charge in [-0.15, -0.1) is 0 Å². The topological polar surface area (TPSA) is 135 Å². The van der Waals surface area contributed by atoms with Crippen molar-refractivity contribution in [3.63, 3.8) is 0 Å². The van der Waals surface area contributed by atoms with Gasteiger partial charge in [-0.3, -0.25) is 4.79 Å². The van der Waals surface area contributed by atoms with Crippen LogP contribution in [0.15, 0.2) is 46.3 Å². The summed E-state index contributed by atoms with van der Waals surface area (Å²) in [5.41, 5.74) is 0.271. The van der Waals surface area contributed by atoms with Crippen molar-refractivity contribution in [3.05, 3.63) is 58.0 Å². The molecule has 0 saturated carbocycles. The van der Waals surface area contributed by atoms with E-state index in [0.29, 0.717) is 22.0 Å². The minimum Gasteiger partial charge on any atom is -0.493 e. The lowest BCUT2D eigenvalue weighted by atomic mass is 10.1. The van der Waals surface area contributed by atoms with Crippen LogP contribution in [-0.2, 0) is 4.79 Å². The number of hydrogen-bond donors (Lipinski definition) is 3. The second kappa shape index (κ2) is 8.70. The average molecular weight is 428 g/mol. The number of thioether (sulfide) groups is 1. The molecule has 3 N–H and O–H groups in total. The molecular weight excluding hydrogens is 412 g/mol. The summed E-state index contributed by atoms with van der Waals surface area (Å²) >= 11 is 1.03. The fourth-order valence-corrected chi connectivity index (χ4v) is 3.52. The van der Waals surface area contributed by atoms with E-state index in [2.05, 4.69) is 10.3 Å². The first-order valence-corrected chi connectivity index (χ1v) is 9.26. The van der Waals surface area contributed by atoms with Gasteiger partial charge in [-0.05, 0) is 42.1 Å². The number of methoxy groups -OCH3 is 2. The molecule has 0 spiro atoms. The SMILES string of the molecule is COc1cccc(/C=C2\SC(=Nc3cc(C(=O)O)cc(C(=O)O)c3)NC2=O)c1OC. The molecule has 1 aliphatic heterocycles. The zero-order valence-corrected chi connectivity index (χ0v) is 16.6. The maximum Gasteiger partial charge on any atom is 0.335 e. The molecule has 0 atom stereocenters. The van der Waals surface area contributed by atoms with Crippen LogP contribution in [0.1, 0.15) is 26.3 Å². The van der Waals surface area contributed by atoms with Crippen LogP contribution in [0.25, 0.3) is 6.08 Å². The predicted octanol–water partition coefficient (Wildman–Crippen LogP) is 2.99. The van der Waals surface area contributed by atoms with Crippen LogP contribution in [0.5, 0.6) is 11.5 Å². The van der Waals surface area contributed by atoms with E-state index in [1.165, 1.54) is 26.4 Å². The van der Waals surface area contributed by atoms with Crippen molar-refractivity contribution >= 4 is 46.5 Å². The Labute approximate surface area is 175 Å². The number of carboxylic acids is 2. The molecule has 10 heteroatoms. The lowest BCUT2D eigenvalue weighted by Gasteiger charge is -2.10. The number of rotatable bonds is 6. The van der Waals surface area contributed by atoms with E-state index in [1.807, 2.05) is 0 Å². The largest absolute Gasteiger partial charge is 0.493 e. The Morgan fingerprint density at radius 1 is 1.07 bits per heavy atom. The van der Waals surface area contributed by atoms with Crippen molar-refractivity contribution in [3.8, 4) is 11.5 Å². The molecule has 0 radical (unpaired) electrons. The van der Waals surface area contributed by atoms with E-state index in [4.69, 9.17) is 19.7 Å². The number of aromatic carboxylic acids is 2. The van der Waals surface area contributed by atoms with Gasteiger partial charge in [-0.2, -0.15) is 0 Å². The van der Waals surface area contributed by atoms with Gasteiger partial charge in [-0.1, -0.05) is 12.1 Å². The van der Waals surface area contributed by atoms with Gasteiger partial charge in [0.05, 0.1) is 35.9 Å². The standard InChI is InChI=1S/C20H16N2O7S/c1-28-14-5-3-4-10(16(14)29-2)9-15-17(23)22-20(30-15)21-13-7-11(18(24)25)6-12(8-13)19(26)27/h3-9H,1-2H3,(H,24,25)(H,26,27)(H,21,22,23)/b15-9-. The first kappa shape index (κ1) is 20.9. The van der Waals surface area contributed by atoms with Crippen LogP contribution in [-0.4, -0.2) is 47.4 Å². The first-order chi connectivity index (χ1) is 14.3. The van der Waals surface area contributed by atoms with Gasteiger partial charge < -0.3 is 25.0 Å². The van der Waals surface area contributed by atoms with Crippen molar-refractivity contribution in [2.45, 2.75) is 0 Å². The van der Waals surface area contributed by atoms with Crippen molar-refractivity contribution in [1.82, 2.24) is 5.32 Å². The monoisotopic (exact) mass is 428 g/mol. The Bertz CT molecular complexity index is 1080. The normalized spacial score (nSPS) is 15.9. The summed E-state index contributed by atoms with van der Waals surface area (Å²) in [6.07, 6.45) is 1.61. The number of hydrogen-bond acceptors (Lipinski definition) is 7. The smallest absolute Gasteiger partial charge is 0.335 e. The molecule has 0 bridgehead atoms. The summed E-state index contributed by atoms with van der Waals surface area (Å²) in [5, 5.41) is 21.1. The van der Waals surface area contributed by atoms with Crippen molar-refractivity contribution in [2.24, 2.45) is 4.99 Å². The number of para-hydroxylation sites is 1. The van der Waals surface area contributed by atoms with Gasteiger partial charge in [0.25, 0.3) is 5.91 Å². The lowest BCUT2D eigenvalue weighted by Crippen LogP contribution is -2.19. The molecule has 1 aliphatic rings. The number of carbonyl (C=O) groups is 3. The number of nitrogens with zero attached hydrogens (tertiary/aromatic N) is 1. The quantitative estimate of drug-likeness (QED) is 0.598. The molecule has 1 amide bonds. The number of amides is 1. The summed E-state index contributed by atoms with van der Waals surface area (Å²) in [6.45, 7) is 0. The number of nitrogens with one attached hydrogen (secondary N) is 1. The predicted molar refractivity (Wildman–Crippen MR) is 111 cm³/mol. The Morgan fingerprint density at radius 3 is 2.30 bits per heavy atom. The third-order valence-corrected chi connectivity index (χ3v) is 4.92. The van der Waals surface area contributed by atoms with Gasteiger partial charge in [0.2, 0.25) is 0 Å². The summed E-state index contributed by atoms with van der Waals surface area (Å²) in [6, 6.07) is 8.72. The van der Waals surface area contributed by atoms with E-state index in [-0.39, 0.29) is 22.0 Å². The van der Waals surface area contributed by atoms with Crippen molar-refractivity contribution < 1.29 is 34.1 Å². The summed E-state index contributed by atoms with van der Waals surface area (Å²) < 4.78 is 10.6. The Balaban J connectivity index is 1.95. The van der Waals surface area contributed by atoms with Gasteiger partial charge in [0.1, 0.15) is 0 Å². The fourth-order valence-electron chi connectivity index (χ4n) is 2.69. The van der Waals surface area contributed by atoms with E-state index >= 15 is 0 Å². The average Bonchev–Trinajstić information content (AvgIpc) is 3.05. The minimum atomic E-state index is -1.28. The summed E-state index contributed by atoms with van der Waals surface area (Å²) in [7, 11) is 3.00. The minimum absolute atomic E-state index is 0.0929. The second-order valence-electron chi connectivity index (χ2n) is 5.94. The highest BCUT2D eigenvalue weighted by molar-refractivity contribution is 8.18. The van der Waals surface area contributed by atoms with Crippen LogP contribution in [0, 0.1) is 0 Å². The van der Waals surface area contributed by atoms with Crippen LogP contribution < -0.4 is 14.8 Å². The fraction of sp³-hybridized carbons (Fsp3) is 0.100. The molecule has 154 valence electrons. The summed E-state index contributed by atoms with van der Waals surface area (Å²) in [5.74, 6) is -2.00. The van der Waals surface area contributed by atoms with Gasteiger partial charge in [0, 0.05) is 5.56 Å². The summed E-state index contributed by atoms with van der Waals surface area (Å²) in [4.78, 5) is 39.3. The number of amidine groups is 1. The van der Waals surface area contributed by atoms with Crippen molar-refractivity contribution in [2.75, 3.05) is 14.2 Å². The molecule has 1 heterocycles. The molecule has 0 aromatic heterocycles.